The molecular weight excluding hydrogens is 408 g/mol. The lowest BCUT2D eigenvalue weighted by Crippen LogP contribution is -2.34. The Hall–Kier alpha value is -3.04. The summed E-state index contributed by atoms with van der Waals surface area (Å²) in [4.78, 5) is 31.3. The van der Waals surface area contributed by atoms with E-state index in [1.807, 2.05) is 54.2 Å². The molecular formula is C21H26N2O6S. The zero-order valence-electron chi connectivity index (χ0n) is 16.7. The molecule has 0 aromatic heterocycles. The van der Waals surface area contributed by atoms with E-state index in [1.54, 1.807) is 7.11 Å². The summed E-state index contributed by atoms with van der Waals surface area (Å²) in [6.07, 6.45) is 1.03. The maximum absolute atomic E-state index is 11.9. The number of carboxylic acids is 2. The van der Waals surface area contributed by atoms with Crippen molar-refractivity contribution in [3.63, 3.8) is 0 Å². The Labute approximate surface area is 179 Å². The van der Waals surface area contributed by atoms with E-state index in [0.717, 1.165) is 30.0 Å². The summed E-state index contributed by atoms with van der Waals surface area (Å²) >= 11 is 1.84. The van der Waals surface area contributed by atoms with Crippen LogP contribution in [0.15, 0.2) is 59.5 Å². The number of amides is 1. The van der Waals surface area contributed by atoms with Crippen LogP contribution in [0.4, 0.5) is 0 Å². The topological polar surface area (TPSA) is 125 Å². The molecule has 0 spiro atoms. The zero-order valence-corrected chi connectivity index (χ0v) is 17.5. The predicted molar refractivity (Wildman–Crippen MR) is 115 cm³/mol. The van der Waals surface area contributed by atoms with E-state index in [-0.39, 0.29) is 5.91 Å². The molecule has 0 saturated heterocycles. The van der Waals surface area contributed by atoms with Gasteiger partial charge in [0.1, 0.15) is 5.75 Å². The maximum atomic E-state index is 11.9. The molecule has 2 aromatic rings. The quantitative estimate of drug-likeness (QED) is 0.255. The first-order valence-corrected chi connectivity index (χ1v) is 10.2. The number of hydrogen-bond donors (Lipinski definition) is 4. The fourth-order valence-corrected chi connectivity index (χ4v) is 3.09. The molecule has 162 valence electrons. The van der Waals surface area contributed by atoms with Gasteiger partial charge in [-0.25, -0.2) is 9.59 Å². The minimum Gasteiger partial charge on any atom is -0.496 e. The smallest absolute Gasteiger partial charge is 0.414 e. The Morgan fingerprint density at radius 2 is 1.60 bits per heavy atom. The van der Waals surface area contributed by atoms with Gasteiger partial charge in [-0.1, -0.05) is 36.4 Å². The van der Waals surface area contributed by atoms with Crippen molar-refractivity contribution < 1.29 is 29.3 Å². The van der Waals surface area contributed by atoms with Crippen molar-refractivity contribution in [3.8, 4) is 5.75 Å². The van der Waals surface area contributed by atoms with Gasteiger partial charge in [0, 0.05) is 17.0 Å². The van der Waals surface area contributed by atoms with E-state index in [1.165, 1.54) is 4.90 Å². The fourth-order valence-electron chi connectivity index (χ4n) is 2.21. The maximum Gasteiger partial charge on any atom is 0.414 e. The third kappa shape index (κ3) is 11.1. The van der Waals surface area contributed by atoms with E-state index < -0.39 is 11.9 Å². The number of nitrogens with one attached hydrogen (secondary N) is 2. The number of aliphatic carboxylic acids is 2. The van der Waals surface area contributed by atoms with E-state index in [2.05, 4.69) is 22.8 Å². The molecule has 0 saturated carbocycles. The Bertz CT molecular complexity index is 789. The molecule has 0 heterocycles. The minimum absolute atomic E-state index is 0.00313. The Kier molecular flexibility index (Phi) is 12.4. The number of benzene rings is 2. The highest BCUT2D eigenvalue weighted by Crippen LogP contribution is 2.17. The third-order valence-electron chi connectivity index (χ3n) is 3.65. The van der Waals surface area contributed by atoms with Crippen LogP contribution < -0.4 is 15.4 Å². The van der Waals surface area contributed by atoms with Gasteiger partial charge in [-0.15, -0.1) is 11.8 Å². The normalized spacial score (nSPS) is 9.77. The molecule has 1 amide bonds. The number of rotatable bonds is 10. The number of carboxylic acid groups (broad SMARTS) is 2. The van der Waals surface area contributed by atoms with E-state index >= 15 is 0 Å². The number of carbonyl (C=O) groups excluding carboxylic acids is 1. The molecule has 0 radical (unpaired) electrons. The number of carbonyl (C=O) groups is 3. The first-order chi connectivity index (χ1) is 14.4. The van der Waals surface area contributed by atoms with Gasteiger partial charge in [0.05, 0.1) is 13.7 Å². The summed E-state index contributed by atoms with van der Waals surface area (Å²) in [6.45, 7) is 1.65. The highest BCUT2D eigenvalue weighted by atomic mass is 32.2. The highest BCUT2D eigenvalue weighted by molar-refractivity contribution is 7.99. The molecule has 9 heteroatoms. The lowest BCUT2D eigenvalue weighted by Gasteiger charge is -2.10. The molecule has 30 heavy (non-hydrogen) atoms. The summed E-state index contributed by atoms with van der Waals surface area (Å²) in [5, 5.41) is 20.9. The van der Waals surface area contributed by atoms with Crippen LogP contribution in [0.2, 0.25) is 0 Å². The first kappa shape index (κ1) is 25.0. The SMILES string of the molecule is COc1ccccc1CNC(=O)CNCCCSc1ccccc1.O=C(O)C(=O)O. The Morgan fingerprint density at radius 1 is 0.967 bits per heavy atom. The van der Waals surface area contributed by atoms with Crippen LogP contribution in [0, 0.1) is 0 Å². The van der Waals surface area contributed by atoms with Gasteiger partial charge in [0.15, 0.2) is 0 Å². The summed E-state index contributed by atoms with van der Waals surface area (Å²) < 4.78 is 5.27. The summed E-state index contributed by atoms with van der Waals surface area (Å²) in [5.74, 6) is -1.81. The van der Waals surface area contributed by atoms with Gasteiger partial charge in [-0.05, 0) is 36.9 Å². The molecule has 0 atom stereocenters. The second kappa shape index (κ2) is 14.9. The van der Waals surface area contributed by atoms with Crippen LogP contribution in [0.5, 0.6) is 5.75 Å². The van der Waals surface area contributed by atoms with E-state index in [0.29, 0.717) is 13.1 Å². The van der Waals surface area contributed by atoms with Crippen LogP contribution in [-0.2, 0) is 20.9 Å². The molecule has 0 bridgehead atoms. The van der Waals surface area contributed by atoms with E-state index in [9.17, 15) is 4.79 Å². The van der Waals surface area contributed by atoms with Crippen molar-refractivity contribution in [1.29, 1.82) is 0 Å². The number of methoxy groups -OCH3 is 1. The van der Waals surface area contributed by atoms with E-state index in [4.69, 9.17) is 24.5 Å². The largest absolute Gasteiger partial charge is 0.496 e. The molecule has 2 aromatic carbocycles. The summed E-state index contributed by atoms with van der Waals surface area (Å²) in [7, 11) is 1.63. The van der Waals surface area contributed by atoms with Crippen LogP contribution in [0.3, 0.4) is 0 Å². The van der Waals surface area contributed by atoms with Crippen molar-refractivity contribution in [3.05, 3.63) is 60.2 Å². The predicted octanol–water partition coefficient (Wildman–Crippen LogP) is 2.24. The van der Waals surface area contributed by atoms with Gasteiger partial charge >= 0.3 is 11.9 Å². The van der Waals surface area contributed by atoms with Gasteiger partial charge in [-0.3, -0.25) is 4.79 Å². The van der Waals surface area contributed by atoms with Crippen molar-refractivity contribution in [2.75, 3.05) is 26.0 Å². The van der Waals surface area contributed by atoms with Crippen molar-refractivity contribution in [1.82, 2.24) is 10.6 Å². The lowest BCUT2D eigenvalue weighted by molar-refractivity contribution is -0.159. The number of hydrogen-bond acceptors (Lipinski definition) is 6. The zero-order chi connectivity index (χ0) is 22.2. The van der Waals surface area contributed by atoms with Crippen LogP contribution in [-0.4, -0.2) is 54.0 Å². The molecule has 0 aliphatic heterocycles. The lowest BCUT2D eigenvalue weighted by atomic mass is 10.2. The van der Waals surface area contributed by atoms with Crippen LogP contribution in [0.1, 0.15) is 12.0 Å². The second-order valence-electron chi connectivity index (χ2n) is 5.89. The minimum atomic E-state index is -1.82. The first-order valence-electron chi connectivity index (χ1n) is 9.17. The van der Waals surface area contributed by atoms with Crippen LogP contribution >= 0.6 is 11.8 Å². The molecule has 2 rings (SSSR count). The highest BCUT2D eigenvalue weighted by Gasteiger charge is 2.05. The molecule has 0 unspecified atom stereocenters. The summed E-state index contributed by atoms with van der Waals surface area (Å²) in [6, 6.07) is 18.0. The molecule has 8 nitrogen and oxygen atoms in total. The Balaban J connectivity index is 0.000000656. The van der Waals surface area contributed by atoms with Crippen LogP contribution in [0.25, 0.3) is 0 Å². The second-order valence-corrected chi connectivity index (χ2v) is 7.06. The number of thioether (sulfide) groups is 1. The van der Waals surface area contributed by atoms with Crippen molar-refractivity contribution in [2.45, 2.75) is 17.9 Å². The Morgan fingerprint density at radius 3 is 2.23 bits per heavy atom. The number of para-hydroxylation sites is 1. The molecule has 0 aliphatic carbocycles. The summed E-state index contributed by atoms with van der Waals surface area (Å²) in [5.41, 5.74) is 0.979. The molecule has 4 N–H and O–H groups in total. The van der Waals surface area contributed by atoms with Crippen molar-refractivity contribution in [2.24, 2.45) is 0 Å². The molecule has 0 fully saturated rings. The monoisotopic (exact) mass is 434 g/mol. The fraction of sp³-hybridized carbons (Fsp3) is 0.286. The van der Waals surface area contributed by atoms with Gasteiger partial charge < -0.3 is 25.6 Å². The average molecular weight is 435 g/mol. The number of ether oxygens (including phenoxy) is 1. The van der Waals surface area contributed by atoms with Crippen molar-refractivity contribution >= 4 is 29.6 Å². The molecule has 0 aliphatic rings. The van der Waals surface area contributed by atoms with Gasteiger partial charge in [0.25, 0.3) is 0 Å². The standard InChI is InChI=1S/C19H24N2O2S.C2H2O4/c1-23-18-11-6-5-8-16(18)14-21-19(22)15-20-12-7-13-24-17-9-3-2-4-10-17;3-1(4)2(5)6/h2-6,8-11,20H,7,12-15H2,1H3,(H,21,22);(H,3,4)(H,5,6). The third-order valence-corrected chi connectivity index (χ3v) is 4.75. The van der Waals surface area contributed by atoms with Gasteiger partial charge in [0.2, 0.25) is 5.91 Å². The van der Waals surface area contributed by atoms with Gasteiger partial charge in [-0.2, -0.15) is 0 Å². The average Bonchev–Trinajstić information content (AvgIpc) is 2.76.